The molecule has 2 fully saturated rings. The Balaban J connectivity index is 1.33. The van der Waals surface area contributed by atoms with Gasteiger partial charge in [0.2, 0.25) is 11.8 Å². The number of likely N-dealkylation sites (tertiary alicyclic amines) is 1. The van der Waals surface area contributed by atoms with E-state index in [-0.39, 0.29) is 30.9 Å². The molecule has 1 unspecified atom stereocenters. The van der Waals surface area contributed by atoms with Gasteiger partial charge in [-0.15, -0.1) is 0 Å². The van der Waals surface area contributed by atoms with Gasteiger partial charge in [0.05, 0.1) is 30.1 Å². The van der Waals surface area contributed by atoms with E-state index in [1.807, 2.05) is 116 Å². The highest BCUT2D eigenvalue weighted by molar-refractivity contribution is 6.06. The number of hydrogen-bond donors (Lipinski definition) is 1. The van der Waals surface area contributed by atoms with E-state index in [1.165, 1.54) is 0 Å². The molecule has 0 saturated carbocycles. The van der Waals surface area contributed by atoms with Gasteiger partial charge in [-0.25, -0.2) is 0 Å². The summed E-state index contributed by atoms with van der Waals surface area (Å²) in [6.07, 6.45) is 8.52. The average Bonchev–Trinajstić information content (AvgIpc) is 3.46. The fourth-order valence-electron chi connectivity index (χ4n) is 8.89. The largest absolute Gasteiger partial charge is 0.394 e. The molecular weight excluding hydrogens is 640 g/mol. The van der Waals surface area contributed by atoms with E-state index in [0.717, 1.165) is 29.9 Å². The van der Waals surface area contributed by atoms with Gasteiger partial charge >= 0.3 is 0 Å². The van der Waals surface area contributed by atoms with E-state index in [1.54, 1.807) is 14.7 Å². The zero-order valence-electron chi connectivity index (χ0n) is 29.7. The molecule has 51 heavy (non-hydrogen) atoms. The smallest absolute Gasteiger partial charge is 0.253 e. The minimum atomic E-state index is -1.43. The zero-order chi connectivity index (χ0) is 35.8. The normalized spacial score (nSPS) is 27.6. The monoisotopic (exact) mass is 688 g/mol. The first-order valence-electron chi connectivity index (χ1n) is 18.3. The minimum absolute atomic E-state index is 0.168. The van der Waals surface area contributed by atoms with Gasteiger partial charge in [0.1, 0.15) is 11.6 Å². The van der Waals surface area contributed by atoms with Crippen LogP contribution in [0, 0.1) is 11.8 Å². The Bertz CT molecular complexity index is 1790. The van der Waals surface area contributed by atoms with E-state index >= 15 is 9.59 Å². The van der Waals surface area contributed by atoms with E-state index in [0.29, 0.717) is 31.6 Å². The molecule has 3 amide bonds. The van der Waals surface area contributed by atoms with Crippen LogP contribution in [0.5, 0.6) is 0 Å². The molecule has 0 bridgehead atoms. The lowest BCUT2D eigenvalue weighted by molar-refractivity contribution is -0.152. The number of carbonyl (C=O) groups excluding carboxylic acids is 3. The summed E-state index contributed by atoms with van der Waals surface area (Å²) in [4.78, 5) is 52.5. The number of fused-ring (bicyclic) bond motifs is 2. The summed E-state index contributed by atoms with van der Waals surface area (Å²) < 4.78 is 7.21. The number of aliphatic hydroxyl groups excluding tert-OH is 1. The minimum Gasteiger partial charge on any atom is -0.394 e. The second-order valence-electron chi connectivity index (χ2n) is 14.0. The maximum Gasteiger partial charge on any atom is 0.253 e. The molecule has 0 aromatic heterocycles. The molecule has 1 spiro atoms. The fourth-order valence-corrected chi connectivity index (χ4v) is 8.89. The fraction of sp³-hybridized carbons (Fsp3) is 0.405. The SMILES string of the molecule is CCN(CC)c1ccc(N2CC=C[C@]34O[C@]5(CC)C=CCN(Cc6ccccc6)C(=O)[C@@H]5[C@H]3C(=O)N([C@@H](CO)Cc3ccccc3)C4C2=O)cc1. The van der Waals surface area contributed by atoms with Gasteiger partial charge in [0.15, 0.2) is 0 Å². The van der Waals surface area contributed by atoms with Gasteiger partial charge in [-0.3, -0.25) is 14.4 Å². The molecule has 3 aromatic carbocycles. The van der Waals surface area contributed by atoms with E-state index in [2.05, 4.69) is 18.7 Å². The number of aliphatic hydroxyl groups is 1. The van der Waals surface area contributed by atoms with Gasteiger partial charge in [-0.05, 0) is 62.1 Å². The predicted octanol–water partition coefficient (Wildman–Crippen LogP) is 5.00. The number of benzene rings is 3. The van der Waals surface area contributed by atoms with Crippen LogP contribution in [0.3, 0.4) is 0 Å². The second kappa shape index (κ2) is 14.1. The number of amides is 3. The van der Waals surface area contributed by atoms with Gasteiger partial charge in [-0.1, -0.05) is 91.9 Å². The van der Waals surface area contributed by atoms with Gasteiger partial charge in [-0.2, -0.15) is 0 Å². The Labute approximate surface area is 300 Å². The zero-order valence-corrected chi connectivity index (χ0v) is 29.7. The summed E-state index contributed by atoms with van der Waals surface area (Å²) in [5.74, 6) is -2.63. The highest BCUT2D eigenvalue weighted by atomic mass is 16.5. The van der Waals surface area contributed by atoms with Crippen molar-refractivity contribution >= 4 is 29.1 Å². The Kier molecular flexibility index (Phi) is 9.61. The van der Waals surface area contributed by atoms with Crippen LogP contribution in [0.1, 0.15) is 38.3 Å². The maximum atomic E-state index is 15.2. The first-order valence-corrected chi connectivity index (χ1v) is 18.3. The van der Waals surface area contributed by atoms with Crippen LogP contribution < -0.4 is 9.80 Å². The molecule has 2 saturated heterocycles. The average molecular weight is 689 g/mol. The van der Waals surface area contributed by atoms with Crippen LogP contribution in [0.4, 0.5) is 11.4 Å². The molecule has 3 aromatic rings. The molecule has 4 aliphatic rings. The summed E-state index contributed by atoms with van der Waals surface area (Å²) in [6.45, 7) is 8.62. The summed E-state index contributed by atoms with van der Waals surface area (Å²) >= 11 is 0. The summed E-state index contributed by atoms with van der Waals surface area (Å²) in [5.41, 5.74) is 1.18. The number of carbonyl (C=O) groups is 3. The molecular formula is C42H48N4O5. The lowest BCUT2D eigenvalue weighted by Crippen LogP contribution is -2.59. The van der Waals surface area contributed by atoms with Crippen LogP contribution >= 0.6 is 0 Å². The van der Waals surface area contributed by atoms with Crippen LogP contribution in [0.2, 0.25) is 0 Å². The van der Waals surface area contributed by atoms with Crippen LogP contribution in [-0.2, 0) is 32.1 Å². The van der Waals surface area contributed by atoms with Crippen LogP contribution in [0.15, 0.2) is 109 Å². The molecule has 9 heteroatoms. The van der Waals surface area contributed by atoms with Crippen molar-refractivity contribution < 1.29 is 24.2 Å². The van der Waals surface area contributed by atoms with Crippen LogP contribution in [-0.4, -0.2) is 88.7 Å². The van der Waals surface area contributed by atoms with Gasteiger partial charge < -0.3 is 29.4 Å². The van der Waals surface area contributed by atoms with Crippen molar-refractivity contribution in [1.82, 2.24) is 9.80 Å². The van der Waals surface area contributed by atoms with E-state index in [9.17, 15) is 9.90 Å². The first kappa shape index (κ1) is 34.7. The number of nitrogens with zero attached hydrogens (tertiary/aromatic N) is 4. The molecule has 9 nitrogen and oxygen atoms in total. The van der Waals surface area contributed by atoms with Crippen molar-refractivity contribution in [2.75, 3.05) is 42.6 Å². The third-order valence-electron chi connectivity index (χ3n) is 11.4. The van der Waals surface area contributed by atoms with Crippen molar-refractivity contribution in [3.63, 3.8) is 0 Å². The Morgan fingerprint density at radius 1 is 0.784 bits per heavy atom. The molecule has 4 aliphatic heterocycles. The molecule has 7 rings (SSSR count). The number of anilines is 2. The van der Waals surface area contributed by atoms with E-state index in [4.69, 9.17) is 4.74 Å². The maximum absolute atomic E-state index is 15.2. The third kappa shape index (κ3) is 5.86. The lowest BCUT2D eigenvalue weighted by atomic mass is 9.73. The topological polar surface area (TPSA) is 93.6 Å². The third-order valence-corrected chi connectivity index (χ3v) is 11.4. The van der Waals surface area contributed by atoms with Crippen molar-refractivity contribution in [1.29, 1.82) is 0 Å². The number of ether oxygens (including phenoxy) is 1. The van der Waals surface area contributed by atoms with Crippen LogP contribution in [0.25, 0.3) is 0 Å². The van der Waals surface area contributed by atoms with Crippen molar-refractivity contribution in [3.05, 3.63) is 120 Å². The Morgan fingerprint density at radius 3 is 2.06 bits per heavy atom. The van der Waals surface area contributed by atoms with Gasteiger partial charge in [0.25, 0.3) is 5.91 Å². The van der Waals surface area contributed by atoms with Gasteiger partial charge in [0, 0.05) is 44.1 Å². The molecule has 266 valence electrons. The highest BCUT2D eigenvalue weighted by Gasteiger charge is 2.76. The second-order valence-corrected chi connectivity index (χ2v) is 14.0. The summed E-state index contributed by atoms with van der Waals surface area (Å²) in [6, 6.07) is 25.6. The lowest BCUT2D eigenvalue weighted by Gasteiger charge is -2.41. The highest BCUT2D eigenvalue weighted by Crippen LogP contribution is 2.59. The molecule has 1 N–H and O–H groups in total. The summed E-state index contributed by atoms with van der Waals surface area (Å²) in [5, 5.41) is 10.9. The molecule has 0 radical (unpaired) electrons. The van der Waals surface area contributed by atoms with Crippen molar-refractivity contribution in [3.8, 4) is 0 Å². The first-order chi connectivity index (χ1) is 24.8. The predicted molar refractivity (Wildman–Crippen MR) is 198 cm³/mol. The number of hydrogen-bond acceptors (Lipinski definition) is 6. The van der Waals surface area contributed by atoms with Crippen molar-refractivity contribution in [2.45, 2.75) is 63.4 Å². The standard InChI is InChI=1S/C42H48N4O5/c1-4-41-23-13-25-44(28-31-17-11-8-12-18-31)38(48)35(41)36-39(49)46(34(29-47)27-30-15-9-7-10-16-30)37-40(50)45(26-14-24-42(36,37)51-41)33-21-19-32(20-22-33)43(5-2)6-3/h7-24,34-37,47H,4-6,25-29H2,1-3H3/t34-,35+,36+,37?,41-,42+/m1/s1. The number of rotatable bonds is 11. The quantitative estimate of drug-likeness (QED) is 0.285. The summed E-state index contributed by atoms with van der Waals surface area (Å²) in [7, 11) is 0. The molecule has 6 atom stereocenters. The Hall–Kier alpha value is -4.73. The molecule has 4 heterocycles. The molecule has 0 aliphatic carbocycles. The van der Waals surface area contributed by atoms with Crippen molar-refractivity contribution in [2.24, 2.45) is 11.8 Å². The Morgan fingerprint density at radius 2 is 1.43 bits per heavy atom. The van der Waals surface area contributed by atoms with E-state index < -0.39 is 35.1 Å².